The molecule has 136 valence electrons. The highest BCUT2D eigenvalue weighted by atomic mass is 32.2. The Labute approximate surface area is 147 Å². The lowest BCUT2D eigenvalue weighted by molar-refractivity contribution is 0.303. The molecule has 8 heteroatoms. The van der Waals surface area contributed by atoms with Crippen LogP contribution >= 0.6 is 0 Å². The third-order valence-electron chi connectivity index (χ3n) is 4.76. The molecule has 0 bridgehead atoms. The average molecular weight is 367 g/mol. The fourth-order valence-corrected chi connectivity index (χ4v) is 4.75. The quantitative estimate of drug-likeness (QED) is 0.813. The fraction of sp³-hybridized carbons (Fsp3) is 0.471. The van der Waals surface area contributed by atoms with E-state index in [1.807, 2.05) is 6.20 Å². The second-order valence-electron chi connectivity index (χ2n) is 6.39. The minimum atomic E-state index is -3.77. The SMILES string of the molecule is COc1ccc(S(=O)(=O)N(C)CC2CCc3nccn3C2)c(C)c1F. The van der Waals surface area contributed by atoms with Crippen molar-refractivity contribution >= 4 is 10.0 Å². The topological polar surface area (TPSA) is 64.4 Å². The molecule has 0 N–H and O–H groups in total. The van der Waals surface area contributed by atoms with Gasteiger partial charge in [-0.05, 0) is 31.4 Å². The van der Waals surface area contributed by atoms with Crippen molar-refractivity contribution in [2.24, 2.45) is 5.92 Å². The highest BCUT2D eigenvalue weighted by Gasteiger charge is 2.29. The molecule has 1 aromatic heterocycles. The van der Waals surface area contributed by atoms with Crippen molar-refractivity contribution in [1.82, 2.24) is 13.9 Å². The Bertz CT molecular complexity index is 879. The van der Waals surface area contributed by atoms with Crippen molar-refractivity contribution in [2.75, 3.05) is 20.7 Å². The van der Waals surface area contributed by atoms with Gasteiger partial charge in [-0.3, -0.25) is 0 Å². The number of benzene rings is 1. The van der Waals surface area contributed by atoms with Crippen LogP contribution in [0.1, 0.15) is 17.8 Å². The van der Waals surface area contributed by atoms with Gasteiger partial charge in [0, 0.05) is 44.5 Å². The lowest BCUT2D eigenvalue weighted by Crippen LogP contribution is -2.35. The molecule has 6 nitrogen and oxygen atoms in total. The Hall–Kier alpha value is -1.93. The summed E-state index contributed by atoms with van der Waals surface area (Å²) < 4.78 is 48.3. The number of methoxy groups -OCH3 is 1. The molecule has 1 aliphatic rings. The number of halogens is 1. The van der Waals surface area contributed by atoms with Crippen LogP contribution in [0.3, 0.4) is 0 Å². The van der Waals surface area contributed by atoms with Gasteiger partial charge >= 0.3 is 0 Å². The van der Waals surface area contributed by atoms with Crippen molar-refractivity contribution in [1.29, 1.82) is 0 Å². The number of imidazole rings is 1. The van der Waals surface area contributed by atoms with Crippen LogP contribution in [-0.2, 0) is 23.0 Å². The zero-order chi connectivity index (χ0) is 18.2. The van der Waals surface area contributed by atoms with Crippen molar-refractivity contribution < 1.29 is 17.5 Å². The monoisotopic (exact) mass is 367 g/mol. The van der Waals surface area contributed by atoms with Crippen LogP contribution in [0.5, 0.6) is 5.75 Å². The summed E-state index contributed by atoms with van der Waals surface area (Å²) in [6.07, 6.45) is 5.40. The summed E-state index contributed by atoms with van der Waals surface area (Å²) in [7, 11) is -0.873. The van der Waals surface area contributed by atoms with Crippen LogP contribution in [-0.4, -0.2) is 43.0 Å². The van der Waals surface area contributed by atoms with E-state index in [9.17, 15) is 12.8 Å². The van der Waals surface area contributed by atoms with Crippen LogP contribution in [0.2, 0.25) is 0 Å². The maximum atomic E-state index is 14.2. The number of nitrogens with zero attached hydrogens (tertiary/aromatic N) is 3. The van der Waals surface area contributed by atoms with Gasteiger partial charge in [-0.15, -0.1) is 0 Å². The normalized spacial score (nSPS) is 17.6. The molecule has 1 unspecified atom stereocenters. The summed E-state index contributed by atoms with van der Waals surface area (Å²) in [5.41, 5.74) is 0.0757. The van der Waals surface area contributed by atoms with Gasteiger partial charge in [-0.25, -0.2) is 22.1 Å². The van der Waals surface area contributed by atoms with E-state index in [0.717, 1.165) is 25.2 Å². The Kier molecular flexibility index (Phi) is 4.83. The van der Waals surface area contributed by atoms with Crippen LogP contribution in [0, 0.1) is 18.7 Å². The number of hydrogen-bond donors (Lipinski definition) is 0. The highest BCUT2D eigenvalue weighted by Crippen LogP contribution is 2.29. The van der Waals surface area contributed by atoms with E-state index in [0.29, 0.717) is 6.54 Å². The van der Waals surface area contributed by atoms with Crippen LogP contribution in [0.4, 0.5) is 4.39 Å². The Balaban J connectivity index is 1.80. The molecule has 0 radical (unpaired) electrons. The maximum Gasteiger partial charge on any atom is 0.243 e. The van der Waals surface area contributed by atoms with Gasteiger partial charge in [0.15, 0.2) is 11.6 Å². The molecular weight excluding hydrogens is 345 g/mol. The number of ether oxygens (including phenoxy) is 1. The summed E-state index contributed by atoms with van der Waals surface area (Å²) in [5.74, 6) is 0.636. The largest absolute Gasteiger partial charge is 0.494 e. The van der Waals surface area contributed by atoms with Crippen molar-refractivity contribution in [2.45, 2.75) is 31.2 Å². The molecule has 2 heterocycles. The molecule has 1 aromatic carbocycles. The van der Waals surface area contributed by atoms with Crippen molar-refractivity contribution in [3.63, 3.8) is 0 Å². The van der Waals surface area contributed by atoms with Crippen LogP contribution < -0.4 is 4.74 Å². The molecule has 0 aliphatic carbocycles. The van der Waals surface area contributed by atoms with Gasteiger partial charge in [0.05, 0.1) is 12.0 Å². The van der Waals surface area contributed by atoms with E-state index in [4.69, 9.17) is 4.74 Å². The first-order valence-corrected chi connectivity index (χ1v) is 9.58. The Morgan fingerprint density at radius 2 is 2.20 bits per heavy atom. The number of rotatable bonds is 5. The summed E-state index contributed by atoms with van der Waals surface area (Å²) in [5, 5.41) is 0. The zero-order valence-corrected chi connectivity index (χ0v) is 15.4. The molecule has 3 rings (SSSR count). The lowest BCUT2D eigenvalue weighted by Gasteiger charge is -2.28. The second-order valence-corrected chi connectivity index (χ2v) is 8.40. The minimum Gasteiger partial charge on any atom is -0.494 e. The van der Waals surface area contributed by atoms with E-state index >= 15 is 0 Å². The Morgan fingerprint density at radius 3 is 2.92 bits per heavy atom. The predicted molar refractivity (Wildman–Crippen MR) is 91.5 cm³/mol. The van der Waals surface area contributed by atoms with E-state index in [2.05, 4.69) is 9.55 Å². The van der Waals surface area contributed by atoms with E-state index in [1.165, 1.54) is 30.5 Å². The molecule has 0 saturated carbocycles. The van der Waals surface area contributed by atoms with Gasteiger partial charge in [-0.2, -0.15) is 0 Å². The standard InChI is InChI=1S/C17H22FN3O3S/c1-12-15(6-5-14(24-3)17(12)18)25(22,23)20(2)10-13-4-7-16-19-8-9-21(16)11-13/h5-6,8-9,13H,4,7,10-11H2,1-3H3. The molecule has 25 heavy (non-hydrogen) atoms. The van der Waals surface area contributed by atoms with Gasteiger partial charge < -0.3 is 9.30 Å². The second kappa shape index (κ2) is 6.76. The number of sulfonamides is 1. The molecular formula is C17H22FN3O3S. The van der Waals surface area contributed by atoms with Gasteiger partial charge in [-0.1, -0.05) is 0 Å². The lowest BCUT2D eigenvalue weighted by atomic mass is 10.00. The summed E-state index contributed by atoms with van der Waals surface area (Å²) in [4.78, 5) is 4.26. The average Bonchev–Trinajstić information content (AvgIpc) is 3.04. The number of hydrogen-bond acceptors (Lipinski definition) is 4. The van der Waals surface area contributed by atoms with E-state index in [1.54, 1.807) is 13.2 Å². The third kappa shape index (κ3) is 3.28. The third-order valence-corrected chi connectivity index (χ3v) is 6.73. The fourth-order valence-electron chi connectivity index (χ4n) is 3.30. The van der Waals surface area contributed by atoms with Crippen LogP contribution in [0.15, 0.2) is 29.4 Å². The smallest absolute Gasteiger partial charge is 0.243 e. The Morgan fingerprint density at radius 1 is 1.44 bits per heavy atom. The summed E-state index contributed by atoms with van der Waals surface area (Å²) >= 11 is 0. The van der Waals surface area contributed by atoms with Crippen molar-refractivity contribution in [3.8, 4) is 5.75 Å². The predicted octanol–water partition coefficient (Wildman–Crippen LogP) is 2.22. The number of fused-ring (bicyclic) bond motifs is 1. The first-order chi connectivity index (χ1) is 11.8. The van der Waals surface area contributed by atoms with Gasteiger partial charge in [0.2, 0.25) is 10.0 Å². The summed E-state index contributed by atoms with van der Waals surface area (Å²) in [6, 6.07) is 2.75. The first-order valence-electron chi connectivity index (χ1n) is 8.14. The molecule has 0 spiro atoms. The highest BCUT2D eigenvalue weighted by molar-refractivity contribution is 7.89. The maximum absolute atomic E-state index is 14.2. The van der Waals surface area contributed by atoms with Crippen LogP contribution in [0.25, 0.3) is 0 Å². The number of aromatic nitrogens is 2. The minimum absolute atomic E-state index is 0.0209. The van der Waals surface area contributed by atoms with Gasteiger partial charge in [0.1, 0.15) is 5.82 Å². The molecule has 1 atom stereocenters. The molecule has 1 aliphatic heterocycles. The van der Waals surface area contributed by atoms with E-state index < -0.39 is 15.8 Å². The zero-order valence-electron chi connectivity index (χ0n) is 14.6. The molecule has 0 fully saturated rings. The van der Waals surface area contributed by atoms with Crippen molar-refractivity contribution in [3.05, 3.63) is 41.7 Å². The number of aryl methyl sites for hydroxylation is 1. The van der Waals surface area contributed by atoms with E-state index in [-0.39, 0.29) is 22.1 Å². The van der Waals surface area contributed by atoms with Gasteiger partial charge in [0.25, 0.3) is 0 Å². The molecule has 0 saturated heterocycles. The molecule has 2 aromatic rings. The molecule has 0 amide bonds. The first kappa shape index (κ1) is 17.9. The summed E-state index contributed by atoms with van der Waals surface area (Å²) in [6.45, 7) is 2.58.